The molecule has 1 fully saturated rings. The lowest BCUT2D eigenvalue weighted by molar-refractivity contribution is -0.124. The van der Waals surface area contributed by atoms with E-state index in [1.807, 2.05) is 0 Å². The van der Waals surface area contributed by atoms with E-state index in [4.69, 9.17) is 13.9 Å². The number of nitrogens with zero attached hydrogens (tertiary/aromatic N) is 1. The highest BCUT2D eigenvalue weighted by molar-refractivity contribution is 7.89. The average molecular weight is 422 g/mol. The highest BCUT2D eigenvalue weighted by Crippen LogP contribution is 2.21. The Morgan fingerprint density at radius 2 is 1.97 bits per heavy atom. The van der Waals surface area contributed by atoms with E-state index in [-0.39, 0.29) is 30.1 Å². The lowest BCUT2D eigenvalue weighted by atomic mass is 10.1. The molecule has 3 rings (SSSR count). The lowest BCUT2D eigenvalue weighted by Gasteiger charge is -2.26. The van der Waals surface area contributed by atoms with Crippen LogP contribution in [0.3, 0.4) is 0 Å². The second-order valence-electron chi connectivity index (χ2n) is 6.43. The van der Waals surface area contributed by atoms with Crippen LogP contribution in [0.2, 0.25) is 0 Å². The molecule has 0 bridgehead atoms. The van der Waals surface area contributed by atoms with Crippen molar-refractivity contribution in [2.75, 3.05) is 32.9 Å². The molecule has 1 amide bonds. The van der Waals surface area contributed by atoms with Gasteiger partial charge in [-0.05, 0) is 36.8 Å². The van der Waals surface area contributed by atoms with E-state index in [0.29, 0.717) is 24.5 Å². The molecule has 29 heavy (non-hydrogen) atoms. The number of sulfonamides is 1. The highest BCUT2D eigenvalue weighted by Gasteiger charge is 2.27. The van der Waals surface area contributed by atoms with Crippen molar-refractivity contribution in [2.45, 2.75) is 18.4 Å². The van der Waals surface area contributed by atoms with Gasteiger partial charge in [0.25, 0.3) is 5.91 Å². The largest absolute Gasteiger partial charge is 0.467 e. The van der Waals surface area contributed by atoms with Crippen LogP contribution >= 0.6 is 0 Å². The summed E-state index contributed by atoms with van der Waals surface area (Å²) in [5.74, 6) is -0.694. The summed E-state index contributed by atoms with van der Waals surface area (Å²) in [6.45, 7) is 2.52. The first-order valence-corrected chi connectivity index (χ1v) is 10.5. The first kappa shape index (κ1) is 21.0. The predicted molar refractivity (Wildman–Crippen MR) is 102 cm³/mol. The van der Waals surface area contributed by atoms with Crippen LogP contribution in [0.25, 0.3) is 0 Å². The number of ether oxygens (including phenoxy) is 2. The molecule has 1 aromatic carbocycles. The molecule has 10 heteroatoms. The summed E-state index contributed by atoms with van der Waals surface area (Å²) < 4.78 is 42.2. The van der Waals surface area contributed by atoms with Gasteiger partial charge in [-0.3, -0.25) is 4.79 Å². The number of carbonyl (C=O) groups is 2. The number of aryl methyl sites for hydroxylation is 1. The molecule has 0 spiro atoms. The number of esters is 1. The van der Waals surface area contributed by atoms with Crippen LogP contribution in [0.5, 0.6) is 0 Å². The number of carbonyl (C=O) groups excluding carboxylic acids is 2. The number of furan rings is 1. The molecule has 0 saturated carbocycles. The molecule has 1 N–H and O–H groups in total. The third-order valence-electron chi connectivity index (χ3n) is 4.41. The van der Waals surface area contributed by atoms with Crippen LogP contribution in [0.1, 0.15) is 21.7 Å². The average Bonchev–Trinajstić information content (AvgIpc) is 3.25. The Morgan fingerprint density at radius 3 is 2.66 bits per heavy atom. The number of amides is 1. The van der Waals surface area contributed by atoms with E-state index < -0.39 is 28.5 Å². The van der Waals surface area contributed by atoms with Gasteiger partial charge in [0.1, 0.15) is 5.76 Å². The maximum Gasteiger partial charge on any atom is 0.338 e. The van der Waals surface area contributed by atoms with E-state index in [1.165, 1.54) is 22.7 Å². The third kappa shape index (κ3) is 5.22. The third-order valence-corrected chi connectivity index (χ3v) is 6.31. The van der Waals surface area contributed by atoms with Crippen molar-refractivity contribution in [3.05, 3.63) is 53.5 Å². The van der Waals surface area contributed by atoms with Crippen molar-refractivity contribution in [2.24, 2.45) is 0 Å². The van der Waals surface area contributed by atoms with Crippen LogP contribution in [0.4, 0.5) is 0 Å². The number of benzene rings is 1. The molecular weight excluding hydrogens is 400 g/mol. The van der Waals surface area contributed by atoms with Gasteiger partial charge in [-0.25, -0.2) is 13.2 Å². The SMILES string of the molecule is Cc1ccc(S(=O)(=O)N2CCOCC2)cc1C(=O)OCC(=O)NCc1ccco1. The summed E-state index contributed by atoms with van der Waals surface area (Å²) in [7, 11) is -3.74. The first-order valence-electron chi connectivity index (χ1n) is 9.02. The van der Waals surface area contributed by atoms with Crippen molar-refractivity contribution < 1.29 is 31.9 Å². The molecule has 156 valence electrons. The van der Waals surface area contributed by atoms with Crippen molar-refractivity contribution in [1.29, 1.82) is 0 Å². The minimum atomic E-state index is -3.74. The van der Waals surface area contributed by atoms with Gasteiger partial charge >= 0.3 is 5.97 Å². The van der Waals surface area contributed by atoms with Gasteiger partial charge in [0.05, 0.1) is 36.5 Å². The van der Waals surface area contributed by atoms with Crippen molar-refractivity contribution in [1.82, 2.24) is 9.62 Å². The zero-order valence-corrected chi connectivity index (χ0v) is 16.7. The number of rotatable bonds is 7. The molecule has 1 aliphatic rings. The van der Waals surface area contributed by atoms with Gasteiger partial charge in [-0.1, -0.05) is 6.07 Å². The van der Waals surface area contributed by atoms with Crippen LogP contribution in [0.15, 0.2) is 45.9 Å². The number of morpholine rings is 1. The summed E-state index contributed by atoms with van der Waals surface area (Å²) in [6, 6.07) is 7.68. The monoisotopic (exact) mass is 422 g/mol. The van der Waals surface area contributed by atoms with Gasteiger partial charge in [-0.2, -0.15) is 4.31 Å². The topological polar surface area (TPSA) is 115 Å². The fourth-order valence-corrected chi connectivity index (χ4v) is 4.21. The fourth-order valence-electron chi connectivity index (χ4n) is 2.78. The van der Waals surface area contributed by atoms with Gasteiger partial charge in [0.15, 0.2) is 6.61 Å². The predicted octanol–water partition coefficient (Wildman–Crippen LogP) is 1.08. The van der Waals surface area contributed by atoms with Gasteiger partial charge < -0.3 is 19.2 Å². The van der Waals surface area contributed by atoms with E-state index in [1.54, 1.807) is 25.1 Å². The van der Waals surface area contributed by atoms with Crippen LogP contribution in [-0.4, -0.2) is 57.5 Å². The lowest BCUT2D eigenvalue weighted by Crippen LogP contribution is -2.40. The summed E-state index contributed by atoms with van der Waals surface area (Å²) in [4.78, 5) is 24.3. The normalized spacial score (nSPS) is 15.1. The molecule has 2 heterocycles. The van der Waals surface area contributed by atoms with Gasteiger partial charge in [0.2, 0.25) is 10.0 Å². The Kier molecular flexibility index (Phi) is 6.68. The molecule has 1 aromatic heterocycles. The maximum absolute atomic E-state index is 12.8. The summed E-state index contributed by atoms with van der Waals surface area (Å²) in [6.07, 6.45) is 1.49. The van der Waals surface area contributed by atoms with E-state index in [9.17, 15) is 18.0 Å². The maximum atomic E-state index is 12.8. The van der Waals surface area contributed by atoms with Crippen molar-refractivity contribution in [3.8, 4) is 0 Å². The van der Waals surface area contributed by atoms with E-state index in [0.717, 1.165) is 0 Å². The Morgan fingerprint density at radius 1 is 1.21 bits per heavy atom. The summed E-state index contributed by atoms with van der Waals surface area (Å²) in [5, 5.41) is 2.56. The zero-order valence-electron chi connectivity index (χ0n) is 15.9. The Balaban J connectivity index is 1.64. The molecule has 0 unspecified atom stereocenters. The summed E-state index contributed by atoms with van der Waals surface area (Å²) in [5.41, 5.74) is 0.644. The van der Waals surface area contributed by atoms with Gasteiger partial charge in [0, 0.05) is 13.1 Å². The molecule has 2 aromatic rings. The summed E-state index contributed by atoms with van der Waals surface area (Å²) >= 11 is 0. The molecule has 0 aliphatic carbocycles. The van der Waals surface area contributed by atoms with Crippen molar-refractivity contribution >= 4 is 21.9 Å². The minimum Gasteiger partial charge on any atom is -0.467 e. The second-order valence-corrected chi connectivity index (χ2v) is 8.36. The number of hydrogen-bond donors (Lipinski definition) is 1. The Labute approximate surface area is 168 Å². The molecule has 0 atom stereocenters. The molecule has 0 radical (unpaired) electrons. The molecule has 1 saturated heterocycles. The first-order chi connectivity index (χ1) is 13.9. The molecule has 1 aliphatic heterocycles. The molecular formula is C19H22N2O7S. The second kappa shape index (κ2) is 9.21. The number of hydrogen-bond acceptors (Lipinski definition) is 7. The Bertz CT molecular complexity index is 964. The number of nitrogens with one attached hydrogen (secondary N) is 1. The smallest absolute Gasteiger partial charge is 0.338 e. The fraction of sp³-hybridized carbons (Fsp3) is 0.368. The van der Waals surface area contributed by atoms with E-state index >= 15 is 0 Å². The van der Waals surface area contributed by atoms with E-state index in [2.05, 4.69) is 5.32 Å². The van der Waals surface area contributed by atoms with Crippen LogP contribution < -0.4 is 5.32 Å². The van der Waals surface area contributed by atoms with Gasteiger partial charge in [-0.15, -0.1) is 0 Å². The standard InChI is InChI=1S/C19H22N2O7S/c1-14-4-5-16(29(24,25)21-6-9-26-10-7-21)11-17(14)19(23)28-13-18(22)20-12-15-3-2-8-27-15/h2-5,8,11H,6-7,9-10,12-13H2,1H3,(H,20,22). The van der Waals surface area contributed by atoms with Crippen molar-refractivity contribution in [3.63, 3.8) is 0 Å². The van der Waals surface area contributed by atoms with Crippen LogP contribution in [-0.2, 0) is 30.8 Å². The zero-order chi connectivity index (χ0) is 20.9. The van der Waals surface area contributed by atoms with Crippen LogP contribution in [0, 0.1) is 6.92 Å². The quantitative estimate of drug-likeness (QED) is 0.664. The Hall–Kier alpha value is -2.69. The molecule has 9 nitrogen and oxygen atoms in total. The highest BCUT2D eigenvalue weighted by atomic mass is 32.2. The minimum absolute atomic E-state index is 0.000721.